The van der Waals surface area contributed by atoms with E-state index < -0.39 is 29.1 Å². The van der Waals surface area contributed by atoms with Gasteiger partial charge in [0.2, 0.25) is 5.91 Å². The first-order valence-electron chi connectivity index (χ1n) is 14.8. The van der Waals surface area contributed by atoms with Gasteiger partial charge in [-0.25, -0.2) is 4.79 Å². The predicted octanol–water partition coefficient (Wildman–Crippen LogP) is 3.18. The molecule has 4 aliphatic rings. The van der Waals surface area contributed by atoms with Crippen LogP contribution < -0.4 is 9.80 Å². The van der Waals surface area contributed by atoms with Crippen molar-refractivity contribution in [1.82, 2.24) is 4.90 Å². The maximum atomic E-state index is 14.6. The number of ether oxygens (including phenoxy) is 2. The van der Waals surface area contributed by atoms with Crippen LogP contribution in [0.3, 0.4) is 0 Å². The lowest BCUT2D eigenvalue weighted by Gasteiger charge is -2.34. The van der Waals surface area contributed by atoms with Crippen molar-refractivity contribution in [2.24, 2.45) is 11.8 Å². The molecule has 0 bridgehead atoms. The molecule has 2 aromatic carbocycles. The van der Waals surface area contributed by atoms with Crippen LogP contribution in [0.1, 0.15) is 51.2 Å². The molecule has 1 spiro atoms. The zero-order valence-corrected chi connectivity index (χ0v) is 24.4. The van der Waals surface area contributed by atoms with Crippen LogP contribution in [0.4, 0.5) is 16.2 Å². The monoisotopic (exact) mass is 577 g/mol. The molecule has 224 valence electrons. The summed E-state index contributed by atoms with van der Waals surface area (Å²) in [5, 5.41) is 21.1. The summed E-state index contributed by atoms with van der Waals surface area (Å²) in [5.74, 6) is -1.31. The minimum absolute atomic E-state index is 0.0146. The van der Waals surface area contributed by atoms with Crippen LogP contribution in [0.15, 0.2) is 48.5 Å². The highest BCUT2D eigenvalue weighted by atomic mass is 16.6. The topological polar surface area (TPSA) is 120 Å². The molecule has 4 aliphatic heterocycles. The molecule has 0 saturated carbocycles. The highest BCUT2D eigenvalue weighted by Crippen LogP contribution is 2.58. The second-order valence-electron chi connectivity index (χ2n) is 12.5. The van der Waals surface area contributed by atoms with Crippen molar-refractivity contribution < 1.29 is 34.1 Å². The first-order chi connectivity index (χ1) is 20.1. The van der Waals surface area contributed by atoms with Crippen molar-refractivity contribution in [2.75, 3.05) is 36.1 Å². The number of carbonyl (C=O) groups excluding carboxylic acids is 3. The van der Waals surface area contributed by atoms with Gasteiger partial charge in [0.1, 0.15) is 6.61 Å². The SMILES string of the molecule is C[C@@H]1[C@@H](C(C)(C)O)[C@H](CC(=O)N2CCC[C@H]2CO)O[C@@]12C(=O)N(Cc1cccc(N3CCOC3=O)c1)c1ccccc12. The fourth-order valence-corrected chi connectivity index (χ4v) is 7.67. The Morgan fingerprint density at radius 2 is 1.90 bits per heavy atom. The third kappa shape index (κ3) is 4.56. The fraction of sp³-hybridized carbons (Fsp3) is 0.531. The highest BCUT2D eigenvalue weighted by molar-refractivity contribution is 6.07. The number of carbonyl (C=O) groups is 3. The van der Waals surface area contributed by atoms with Crippen LogP contribution >= 0.6 is 0 Å². The van der Waals surface area contributed by atoms with Crippen molar-refractivity contribution >= 4 is 29.3 Å². The second-order valence-corrected chi connectivity index (χ2v) is 12.5. The number of cyclic esters (lactones) is 1. The Morgan fingerprint density at radius 3 is 2.62 bits per heavy atom. The molecule has 6 rings (SSSR count). The van der Waals surface area contributed by atoms with E-state index in [-0.39, 0.29) is 43.5 Å². The minimum Gasteiger partial charge on any atom is -0.447 e. The summed E-state index contributed by atoms with van der Waals surface area (Å²) < 4.78 is 11.9. The van der Waals surface area contributed by atoms with Gasteiger partial charge in [-0.05, 0) is 50.5 Å². The molecule has 0 aromatic heterocycles. The van der Waals surface area contributed by atoms with Crippen LogP contribution in [0.2, 0.25) is 0 Å². The summed E-state index contributed by atoms with van der Waals surface area (Å²) in [5.41, 5.74) is 0.398. The molecular formula is C32H39N3O7. The number of hydrogen-bond donors (Lipinski definition) is 2. The van der Waals surface area contributed by atoms with Crippen molar-refractivity contribution in [1.29, 1.82) is 0 Å². The first-order valence-corrected chi connectivity index (χ1v) is 14.8. The van der Waals surface area contributed by atoms with Crippen LogP contribution in [0, 0.1) is 11.8 Å². The number of nitrogens with zero attached hydrogens (tertiary/aromatic N) is 3. The minimum atomic E-state index is -1.37. The molecule has 0 radical (unpaired) electrons. The van der Waals surface area contributed by atoms with E-state index in [2.05, 4.69) is 0 Å². The standard InChI is InChI=1S/C32H39N3O7/c1-20-28(31(2,3)40)26(17-27(37)33-13-7-10-23(33)19-36)42-32(20)24-11-4-5-12-25(24)35(29(32)38)18-21-8-6-9-22(16-21)34-14-15-41-30(34)39/h4-6,8-9,11-12,16,20,23,26,28,36,40H,7,10,13-15,17-19H2,1-3H3/t20-,23+,26+,28-,32+/m1/s1. The van der Waals surface area contributed by atoms with Gasteiger partial charge in [0, 0.05) is 29.6 Å². The van der Waals surface area contributed by atoms with Crippen molar-refractivity contribution in [3.05, 3.63) is 59.7 Å². The zero-order chi connectivity index (χ0) is 29.8. The predicted molar refractivity (Wildman–Crippen MR) is 155 cm³/mol. The summed E-state index contributed by atoms with van der Waals surface area (Å²) in [6, 6.07) is 14.8. The summed E-state index contributed by atoms with van der Waals surface area (Å²) in [7, 11) is 0. The van der Waals surface area contributed by atoms with Gasteiger partial charge in [0.15, 0.2) is 5.60 Å². The van der Waals surface area contributed by atoms with E-state index in [0.717, 1.165) is 29.7 Å². The number of hydrogen-bond acceptors (Lipinski definition) is 7. The molecule has 4 heterocycles. The van der Waals surface area contributed by atoms with Crippen molar-refractivity contribution in [2.45, 2.75) is 69.9 Å². The lowest BCUT2D eigenvalue weighted by atomic mass is 9.71. The first kappa shape index (κ1) is 28.6. The van der Waals surface area contributed by atoms with Crippen LogP contribution in [-0.4, -0.2) is 77.1 Å². The average Bonchev–Trinajstić information content (AvgIpc) is 3.72. The molecule has 2 aromatic rings. The van der Waals surface area contributed by atoms with Gasteiger partial charge in [-0.2, -0.15) is 0 Å². The molecule has 3 amide bonds. The Morgan fingerprint density at radius 1 is 1.12 bits per heavy atom. The lowest BCUT2D eigenvalue weighted by molar-refractivity contribution is -0.150. The van der Waals surface area contributed by atoms with Crippen LogP contribution in [0.5, 0.6) is 0 Å². The van der Waals surface area contributed by atoms with E-state index in [1.165, 1.54) is 0 Å². The Labute approximate surface area is 245 Å². The summed E-state index contributed by atoms with van der Waals surface area (Å²) >= 11 is 0. The van der Waals surface area contributed by atoms with Gasteiger partial charge in [-0.15, -0.1) is 0 Å². The molecule has 0 aliphatic carbocycles. The van der Waals surface area contributed by atoms with Gasteiger partial charge in [0.25, 0.3) is 5.91 Å². The molecule has 2 N–H and O–H groups in total. The van der Waals surface area contributed by atoms with Crippen molar-refractivity contribution in [3.8, 4) is 0 Å². The molecule has 5 atom stereocenters. The van der Waals surface area contributed by atoms with Crippen molar-refractivity contribution in [3.63, 3.8) is 0 Å². The zero-order valence-electron chi connectivity index (χ0n) is 24.4. The molecule has 3 saturated heterocycles. The molecular weight excluding hydrogens is 538 g/mol. The van der Waals surface area contributed by atoms with E-state index >= 15 is 0 Å². The Hall–Kier alpha value is -3.47. The third-order valence-electron chi connectivity index (χ3n) is 9.50. The molecule has 0 unspecified atom stereocenters. The Kier molecular flexibility index (Phi) is 7.27. The smallest absolute Gasteiger partial charge is 0.414 e. The molecule has 3 fully saturated rings. The van der Waals surface area contributed by atoms with Crippen LogP contribution in [-0.2, 0) is 31.2 Å². The normalized spacial score (nSPS) is 29.1. The summed E-state index contributed by atoms with van der Waals surface area (Å²) in [4.78, 5) is 45.2. The van der Waals surface area contributed by atoms with E-state index in [9.17, 15) is 24.6 Å². The van der Waals surface area contributed by atoms with Gasteiger partial charge in [-0.3, -0.25) is 14.5 Å². The summed E-state index contributed by atoms with van der Waals surface area (Å²) in [6.45, 7) is 6.89. The number of fused-ring (bicyclic) bond motifs is 2. The van der Waals surface area contributed by atoms with E-state index in [1.54, 1.807) is 28.5 Å². The average molecular weight is 578 g/mol. The molecule has 10 nitrogen and oxygen atoms in total. The summed E-state index contributed by atoms with van der Waals surface area (Å²) in [6.07, 6.45) is 0.511. The molecule has 10 heteroatoms. The number of anilines is 2. The van der Waals surface area contributed by atoms with E-state index in [0.29, 0.717) is 25.4 Å². The number of rotatable bonds is 7. The number of aliphatic hydroxyl groups is 2. The number of para-hydroxylation sites is 1. The van der Waals surface area contributed by atoms with Gasteiger partial charge in [0.05, 0.1) is 49.6 Å². The van der Waals surface area contributed by atoms with Gasteiger partial charge < -0.3 is 29.5 Å². The van der Waals surface area contributed by atoms with E-state index in [1.807, 2.05) is 55.5 Å². The molecule has 42 heavy (non-hydrogen) atoms. The maximum Gasteiger partial charge on any atom is 0.414 e. The second kappa shape index (κ2) is 10.7. The largest absolute Gasteiger partial charge is 0.447 e. The fourth-order valence-electron chi connectivity index (χ4n) is 7.67. The third-order valence-corrected chi connectivity index (χ3v) is 9.50. The maximum absolute atomic E-state index is 14.6. The number of aliphatic hydroxyl groups excluding tert-OH is 1. The van der Waals surface area contributed by atoms with Gasteiger partial charge in [-0.1, -0.05) is 37.3 Å². The number of likely N-dealkylation sites (tertiary alicyclic amines) is 1. The lowest BCUT2D eigenvalue weighted by Crippen LogP contribution is -2.46. The Balaban J connectivity index is 1.33. The number of amides is 3. The Bertz CT molecular complexity index is 1390. The highest BCUT2D eigenvalue weighted by Gasteiger charge is 2.66. The van der Waals surface area contributed by atoms with E-state index in [4.69, 9.17) is 9.47 Å². The quantitative estimate of drug-likeness (QED) is 0.519. The number of benzene rings is 2. The van der Waals surface area contributed by atoms with Gasteiger partial charge >= 0.3 is 6.09 Å². The van der Waals surface area contributed by atoms with Crippen LogP contribution in [0.25, 0.3) is 0 Å².